The van der Waals surface area contributed by atoms with E-state index < -0.39 is 0 Å². The molecule has 0 atom stereocenters. The molecule has 2 heterocycles. The molecule has 2 rings (SSSR count). The molecule has 2 aromatic heterocycles. The molecule has 0 unspecified atom stereocenters. The number of nitrogens with one attached hydrogen (secondary N) is 2. The van der Waals surface area contributed by atoms with Crippen molar-refractivity contribution in [2.75, 3.05) is 18.4 Å². The van der Waals surface area contributed by atoms with Crippen LogP contribution in [0.3, 0.4) is 0 Å². The number of aromatic nitrogens is 4. The summed E-state index contributed by atoms with van der Waals surface area (Å²) < 4.78 is 0. The second-order valence-corrected chi connectivity index (χ2v) is 4.41. The lowest BCUT2D eigenvalue weighted by Gasteiger charge is -2.06. The van der Waals surface area contributed by atoms with Gasteiger partial charge in [-0.25, -0.2) is 4.98 Å². The lowest BCUT2D eigenvalue weighted by atomic mass is 10.2. The summed E-state index contributed by atoms with van der Waals surface area (Å²) in [6.45, 7) is 1.62. The molecule has 0 aliphatic rings. The number of imidazole rings is 1. The monoisotopic (exact) mass is 268 g/mol. The van der Waals surface area contributed by atoms with Crippen LogP contribution in [0, 0.1) is 0 Å². The number of nitrogens with zero attached hydrogens (tertiary/aromatic N) is 3. The zero-order chi connectivity index (χ0) is 12.8. The average molecular weight is 269 g/mol. The highest BCUT2D eigenvalue weighted by atomic mass is 35.5. The largest absolute Gasteiger partial charge is 0.368 e. The molecule has 6 nitrogen and oxygen atoms in total. The van der Waals surface area contributed by atoms with Gasteiger partial charge < -0.3 is 16.0 Å². The molecule has 0 radical (unpaired) electrons. The van der Waals surface area contributed by atoms with Gasteiger partial charge in [0.2, 0.25) is 5.28 Å². The Bertz CT molecular complexity index is 497. The average Bonchev–Trinajstić information content (AvgIpc) is 2.81. The van der Waals surface area contributed by atoms with Crippen LogP contribution in [0.15, 0.2) is 6.33 Å². The molecule has 18 heavy (non-hydrogen) atoms. The van der Waals surface area contributed by atoms with Crippen LogP contribution in [0.25, 0.3) is 11.2 Å². The van der Waals surface area contributed by atoms with Crippen molar-refractivity contribution in [3.05, 3.63) is 11.6 Å². The third-order valence-corrected chi connectivity index (χ3v) is 2.85. The second-order valence-electron chi connectivity index (χ2n) is 4.07. The Balaban J connectivity index is 1.89. The van der Waals surface area contributed by atoms with E-state index in [1.54, 1.807) is 6.33 Å². The number of rotatable bonds is 7. The summed E-state index contributed by atoms with van der Waals surface area (Å²) in [7, 11) is 0. The summed E-state index contributed by atoms with van der Waals surface area (Å²) in [5.41, 5.74) is 6.82. The van der Waals surface area contributed by atoms with E-state index in [0.717, 1.165) is 37.9 Å². The van der Waals surface area contributed by atoms with Gasteiger partial charge in [-0.1, -0.05) is 12.8 Å². The van der Waals surface area contributed by atoms with Gasteiger partial charge in [0.15, 0.2) is 11.5 Å². The fraction of sp³-hybridized carbons (Fsp3) is 0.545. The Morgan fingerprint density at radius 2 is 2.06 bits per heavy atom. The Morgan fingerprint density at radius 1 is 1.22 bits per heavy atom. The quantitative estimate of drug-likeness (QED) is 0.527. The third-order valence-electron chi connectivity index (χ3n) is 2.68. The molecule has 98 valence electrons. The number of anilines is 1. The van der Waals surface area contributed by atoms with Crippen LogP contribution in [0.4, 0.5) is 5.82 Å². The first-order valence-electron chi connectivity index (χ1n) is 6.12. The summed E-state index contributed by atoms with van der Waals surface area (Å²) in [4.78, 5) is 15.2. The van der Waals surface area contributed by atoms with Gasteiger partial charge in [0.05, 0.1) is 6.33 Å². The minimum absolute atomic E-state index is 0.209. The second kappa shape index (κ2) is 6.51. The molecule has 7 heteroatoms. The number of hydrogen-bond acceptors (Lipinski definition) is 5. The molecule has 0 saturated carbocycles. The van der Waals surface area contributed by atoms with Crippen LogP contribution in [-0.2, 0) is 0 Å². The maximum Gasteiger partial charge on any atom is 0.226 e. The minimum Gasteiger partial charge on any atom is -0.368 e. The predicted molar refractivity (Wildman–Crippen MR) is 72.7 cm³/mol. The van der Waals surface area contributed by atoms with E-state index in [2.05, 4.69) is 25.3 Å². The molecule has 0 fully saturated rings. The zero-order valence-electron chi connectivity index (χ0n) is 10.1. The topological polar surface area (TPSA) is 92.5 Å². The molecule has 2 aromatic rings. The zero-order valence-corrected chi connectivity index (χ0v) is 10.9. The van der Waals surface area contributed by atoms with Crippen LogP contribution in [0.1, 0.15) is 25.7 Å². The van der Waals surface area contributed by atoms with Crippen molar-refractivity contribution >= 4 is 28.6 Å². The van der Waals surface area contributed by atoms with E-state index in [9.17, 15) is 0 Å². The van der Waals surface area contributed by atoms with E-state index in [1.807, 2.05) is 0 Å². The van der Waals surface area contributed by atoms with Crippen LogP contribution in [0.2, 0.25) is 5.28 Å². The van der Waals surface area contributed by atoms with Gasteiger partial charge in [-0.05, 0) is 31.0 Å². The van der Waals surface area contributed by atoms with Crippen LogP contribution >= 0.6 is 11.6 Å². The van der Waals surface area contributed by atoms with Crippen LogP contribution in [-0.4, -0.2) is 33.0 Å². The predicted octanol–water partition coefficient (Wildman–Crippen LogP) is 1.94. The molecule has 4 N–H and O–H groups in total. The van der Waals surface area contributed by atoms with Gasteiger partial charge in [-0.2, -0.15) is 9.97 Å². The molecule has 0 bridgehead atoms. The first-order chi connectivity index (χ1) is 8.81. The summed E-state index contributed by atoms with van der Waals surface area (Å²) >= 11 is 5.83. The van der Waals surface area contributed by atoms with Crippen molar-refractivity contribution in [2.45, 2.75) is 25.7 Å². The van der Waals surface area contributed by atoms with Crippen molar-refractivity contribution in [3.63, 3.8) is 0 Å². The van der Waals surface area contributed by atoms with Gasteiger partial charge in [0.25, 0.3) is 0 Å². The highest BCUT2D eigenvalue weighted by Gasteiger charge is 2.07. The number of halogens is 1. The lowest BCUT2D eigenvalue weighted by Crippen LogP contribution is -2.05. The molecular formula is C11H17ClN6. The molecule has 0 aliphatic heterocycles. The lowest BCUT2D eigenvalue weighted by molar-refractivity contribution is 0.661. The number of aromatic amines is 1. The Morgan fingerprint density at radius 3 is 2.89 bits per heavy atom. The van der Waals surface area contributed by atoms with Crippen molar-refractivity contribution in [2.24, 2.45) is 5.73 Å². The Labute approximate surface area is 110 Å². The summed E-state index contributed by atoms with van der Waals surface area (Å²) in [6, 6.07) is 0. The van der Waals surface area contributed by atoms with Gasteiger partial charge in [-0.15, -0.1) is 0 Å². The number of hydrogen-bond donors (Lipinski definition) is 3. The fourth-order valence-electron chi connectivity index (χ4n) is 1.76. The Kier molecular flexibility index (Phi) is 4.72. The van der Waals surface area contributed by atoms with Crippen molar-refractivity contribution < 1.29 is 0 Å². The Hall–Kier alpha value is -1.40. The SMILES string of the molecule is NCCCCCCNc1nc(Cl)nc2nc[nH]c12. The fourth-order valence-corrected chi connectivity index (χ4v) is 1.93. The molecule has 0 aromatic carbocycles. The maximum absolute atomic E-state index is 5.83. The van der Waals surface area contributed by atoms with Gasteiger partial charge in [-0.3, -0.25) is 0 Å². The normalized spacial score (nSPS) is 11.0. The van der Waals surface area contributed by atoms with Crippen LogP contribution < -0.4 is 11.1 Å². The van der Waals surface area contributed by atoms with E-state index >= 15 is 0 Å². The molecule has 0 spiro atoms. The van der Waals surface area contributed by atoms with Crippen molar-refractivity contribution in [3.8, 4) is 0 Å². The third kappa shape index (κ3) is 3.30. The van der Waals surface area contributed by atoms with E-state index in [0.29, 0.717) is 11.5 Å². The maximum atomic E-state index is 5.83. The van der Waals surface area contributed by atoms with Gasteiger partial charge >= 0.3 is 0 Å². The number of H-pyrrole nitrogens is 1. The molecule has 0 aliphatic carbocycles. The molecule has 0 saturated heterocycles. The van der Waals surface area contributed by atoms with E-state index in [4.69, 9.17) is 17.3 Å². The highest BCUT2D eigenvalue weighted by Crippen LogP contribution is 2.18. The molecular weight excluding hydrogens is 252 g/mol. The standard InChI is InChI=1S/C11H17ClN6/c12-11-17-9(8-10(18-11)16-7-15-8)14-6-4-2-1-3-5-13/h7H,1-6,13H2,(H2,14,15,16,17,18). The van der Waals surface area contributed by atoms with E-state index in [1.165, 1.54) is 6.42 Å². The number of fused-ring (bicyclic) bond motifs is 1. The van der Waals surface area contributed by atoms with Crippen molar-refractivity contribution in [1.82, 2.24) is 19.9 Å². The van der Waals surface area contributed by atoms with Crippen LogP contribution in [0.5, 0.6) is 0 Å². The first kappa shape index (κ1) is 13.0. The van der Waals surface area contributed by atoms with Gasteiger partial charge in [0, 0.05) is 6.54 Å². The number of nitrogens with two attached hydrogens (primary N) is 1. The summed E-state index contributed by atoms with van der Waals surface area (Å²) in [5, 5.41) is 3.46. The van der Waals surface area contributed by atoms with Crippen molar-refractivity contribution in [1.29, 1.82) is 0 Å². The minimum atomic E-state index is 0.209. The highest BCUT2D eigenvalue weighted by molar-refractivity contribution is 6.28. The number of unbranched alkanes of at least 4 members (excludes halogenated alkanes) is 3. The van der Waals surface area contributed by atoms with E-state index in [-0.39, 0.29) is 5.28 Å². The summed E-state index contributed by atoms with van der Waals surface area (Å²) in [5.74, 6) is 0.710. The summed E-state index contributed by atoms with van der Waals surface area (Å²) in [6.07, 6.45) is 6.08. The van der Waals surface area contributed by atoms with Gasteiger partial charge in [0.1, 0.15) is 5.52 Å². The smallest absolute Gasteiger partial charge is 0.226 e. The molecule has 0 amide bonds. The first-order valence-corrected chi connectivity index (χ1v) is 6.49.